The number of hydrogen-bond donors (Lipinski definition) is 2. The molecule has 0 aliphatic carbocycles. The Balaban J connectivity index is 2.30. The number of fused-ring (bicyclic) bond motifs is 1. The average molecular weight is 319 g/mol. The highest BCUT2D eigenvalue weighted by Gasteiger charge is 2.43. The number of rotatable bonds is 2. The summed E-state index contributed by atoms with van der Waals surface area (Å²) in [6, 6.07) is 11.2. The van der Waals surface area contributed by atoms with Crippen molar-refractivity contribution in [2.75, 3.05) is 6.26 Å². The van der Waals surface area contributed by atoms with Crippen molar-refractivity contribution in [3.05, 3.63) is 58.1 Å². The Bertz CT molecular complexity index is 760. The Kier molecular flexibility index (Phi) is 3.48. The minimum absolute atomic E-state index is 0.181. The summed E-state index contributed by atoms with van der Waals surface area (Å²) in [7, 11) is 0. The zero-order valence-electron chi connectivity index (χ0n) is 11.7. The Labute approximate surface area is 132 Å². The molecule has 1 aliphatic heterocycles. The van der Waals surface area contributed by atoms with Crippen LogP contribution >= 0.6 is 23.4 Å². The number of nitrogens with two attached hydrogens (primary N) is 1. The molecule has 0 amide bonds. The van der Waals surface area contributed by atoms with E-state index in [2.05, 4.69) is 4.99 Å². The number of benzene rings is 2. The maximum atomic E-state index is 11.3. The van der Waals surface area contributed by atoms with Crippen LogP contribution in [0, 0.1) is 6.92 Å². The maximum Gasteiger partial charge on any atom is 0.175 e. The Morgan fingerprint density at radius 2 is 1.95 bits per heavy atom. The van der Waals surface area contributed by atoms with E-state index in [0.29, 0.717) is 21.8 Å². The lowest BCUT2D eigenvalue weighted by Gasteiger charge is -2.27. The minimum Gasteiger partial charge on any atom is -0.384 e. The van der Waals surface area contributed by atoms with Crippen LogP contribution in [-0.2, 0) is 5.60 Å². The summed E-state index contributed by atoms with van der Waals surface area (Å²) in [5, 5.41) is 11.9. The van der Waals surface area contributed by atoms with Gasteiger partial charge in [-0.25, -0.2) is 4.99 Å². The molecule has 3 rings (SSSR count). The number of amidine groups is 1. The number of nitrogens with zero attached hydrogens (tertiary/aromatic N) is 1. The molecule has 0 spiro atoms. The topological polar surface area (TPSA) is 58.6 Å². The van der Waals surface area contributed by atoms with Crippen molar-refractivity contribution in [1.29, 1.82) is 0 Å². The molecule has 1 aliphatic rings. The van der Waals surface area contributed by atoms with E-state index < -0.39 is 5.60 Å². The summed E-state index contributed by atoms with van der Waals surface area (Å²) in [4.78, 5) is 5.25. The van der Waals surface area contributed by atoms with Gasteiger partial charge in [0.05, 0.1) is 5.69 Å². The molecule has 1 unspecified atom stereocenters. The largest absolute Gasteiger partial charge is 0.384 e. The molecule has 3 N–H and O–H groups in total. The second kappa shape index (κ2) is 5.05. The van der Waals surface area contributed by atoms with E-state index in [1.54, 1.807) is 23.9 Å². The lowest BCUT2D eigenvalue weighted by Crippen LogP contribution is -2.40. The van der Waals surface area contributed by atoms with Crippen LogP contribution in [-0.4, -0.2) is 17.2 Å². The molecular weight excluding hydrogens is 304 g/mol. The molecule has 1 atom stereocenters. The monoisotopic (exact) mass is 318 g/mol. The van der Waals surface area contributed by atoms with Gasteiger partial charge in [0.2, 0.25) is 0 Å². The van der Waals surface area contributed by atoms with Gasteiger partial charge in [0.15, 0.2) is 5.60 Å². The number of hydrogen-bond acceptors (Lipinski definition) is 4. The zero-order chi connectivity index (χ0) is 15.2. The number of aliphatic imine (C=N–C) groups is 1. The summed E-state index contributed by atoms with van der Waals surface area (Å²) < 4.78 is 0. The van der Waals surface area contributed by atoms with E-state index in [1.165, 1.54) is 0 Å². The Hall–Kier alpha value is -1.49. The van der Waals surface area contributed by atoms with Crippen LogP contribution in [0.2, 0.25) is 5.02 Å². The van der Waals surface area contributed by atoms with E-state index >= 15 is 0 Å². The molecular formula is C16H15ClN2OS. The molecule has 108 valence electrons. The standard InChI is InChI=1S/C16H15ClN2OS/c1-9-3-5-13-11(7-9)16(20,15(18)19-13)12-8-10(17)4-6-14(12)21-2/h3-8,20H,1-2H3,(H2,18,19). The van der Waals surface area contributed by atoms with Gasteiger partial charge in [0.25, 0.3) is 0 Å². The molecule has 3 nitrogen and oxygen atoms in total. The molecule has 0 saturated heterocycles. The van der Waals surface area contributed by atoms with E-state index in [-0.39, 0.29) is 5.84 Å². The lowest BCUT2D eigenvalue weighted by atomic mass is 9.85. The van der Waals surface area contributed by atoms with E-state index in [4.69, 9.17) is 17.3 Å². The van der Waals surface area contributed by atoms with Crippen LogP contribution in [0.5, 0.6) is 0 Å². The fourth-order valence-electron chi connectivity index (χ4n) is 2.63. The van der Waals surface area contributed by atoms with Crippen LogP contribution in [0.15, 0.2) is 46.3 Å². The minimum atomic E-state index is -1.43. The molecule has 0 radical (unpaired) electrons. The predicted molar refractivity (Wildman–Crippen MR) is 88.7 cm³/mol. The van der Waals surface area contributed by atoms with E-state index in [9.17, 15) is 5.11 Å². The first-order valence-electron chi connectivity index (χ1n) is 6.49. The van der Waals surface area contributed by atoms with Gasteiger partial charge in [-0.2, -0.15) is 0 Å². The van der Waals surface area contributed by atoms with Crippen molar-refractivity contribution in [2.24, 2.45) is 10.7 Å². The van der Waals surface area contributed by atoms with E-state index in [1.807, 2.05) is 37.4 Å². The summed E-state index contributed by atoms with van der Waals surface area (Å²) >= 11 is 7.66. The highest BCUT2D eigenvalue weighted by atomic mass is 35.5. The van der Waals surface area contributed by atoms with Gasteiger partial charge in [-0.3, -0.25) is 0 Å². The first kappa shape index (κ1) is 14.4. The van der Waals surface area contributed by atoms with Crippen molar-refractivity contribution < 1.29 is 5.11 Å². The quantitative estimate of drug-likeness (QED) is 0.832. The SMILES string of the molecule is CSc1ccc(Cl)cc1C1(O)C(N)=Nc2ccc(C)cc21. The lowest BCUT2D eigenvalue weighted by molar-refractivity contribution is 0.155. The zero-order valence-corrected chi connectivity index (χ0v) is 13.3. The van der Waals surface area contributed by atoms with Crippen LogP contribution in [0.3, 0.4) is 0 Å². The predicted octanol–water partition coefficient (Wildman–Crippen LogP) is 3.61. The number of aryl methyl sites for hydroxylation is 1. The van der Waals surface area contributed by atoms with Gasteiger partial charge in [0, 0.05) is 21.0 Å². The smallest absolute Gasteiger partial charge is 0.175 e. The van der Waals surface area contributed by atoms with Crippen molar-refractivity contribution in [3.63, 3.8) is 0 Å². The third-order valence-electron chi connectivity index (χ3n) is 3.70. The molecule has 0 aromatic heterocycles. The Morgan fingerprint density at radius 3 is 2.67 bits per heavy atom. The fourth-order valence-corrected chi connectivity index (χ4v) is 3.43. The van der Waals surface area contributed by atoms with Crippen LogP contribution < -0.4 is 5.73 Å². The summed E-state index contributed by atoms with van der Waals surface area (Å²) in [5.41, 5.74) is 7.77. The van der Waals surface area contributed by atoms with Gasteiger partial charge < -0.3 is 10.8 Å². The van der Waals surface area contributed by atoms with Crippen LogP contribution in [0.4, 0.5) is 5.69 Å². The normalized spacial score (nSPS) is 20.3. The van der Waals surface area contributed by atoms with Crippen molar-refractivity contribution in [2.45, 2.75) is 17.4 Å². The molecule has 2 aromatic rings. The summed E-state index contributed by atoms with van der Waals surface area (Å²) in [6.07, 6.45) is 1.95. The summed E-state index contributed by atoms with van der Waals surface area (Å²) in [5.74, 6) is 0.181. The molecule has 21 heavy (non-hydrogen) atoms. The number of aliphatic hydroxyl groups is 1. The van der Waals surface area contributed by atoms with Gasteiger partial charge in [-0.05, 0) is 37.4 Å². The maximum absolute atomic E-state index is 11.3. The Morgan fingerprint density at radius 1 is 1.19 bits per heavy atom. The van der Waals surface area contributed by atoms with Crippen LogP contribution in [0.25, 0.3) is 0 Å². The molecule has 1 heterocycles. The first-order valence-corrected chi connectivity index (χ1v) is 8.09. The fraction of sp³-hybridized carbons (Fsp3) is 0.188. The van der Waals surface area contributed by atoms with Crippen molar-refractivity contribution in [3.8, 4) is 0 Å². The second-order valence-corrected chi connectivity index (χ2v) is 6.36. The summed E-state index contributed by atoms with van der Waals surface area (Å²) in [6.45, 7) is 1.97. The number of halogens is 1. The van der Waals surface area contributed by atoms with Gasteiger partial charge in [-0.15, -0.1) is 11.8 Å². The molecule has 0 bridgehead atoms. The van der Waals surface area contributed by atoms with Crippen molar-refractivity contribution >= 4 is 34.9 Å². The van der Waals surface area contributed by atoms with Crippen LogP contribution in [0.1, 0.15) is 16.7 Å². The molecule has 0 saturated carbocycles. The highest BCUT2D eigenvalue weighted by Crippen LogP contribution is 2.45. The third-order valence-corrected chi connectivity index (χ3v) is 4.74. The molecule has 5 heteroatoms. The van der Waals surface area contributed by atoms with Gasteiger partial charge in [-0.1, -0.05) is 29.3 Å². The second-order valence-electron chi connectivity index (χ2n) is 5.07. The molecule has 0 fully saturated rings. The third kappa shape index (κ3) is 2.14. The number of thioether (sulfide) groups is 1. The first-order chi connectivity index (χ1) is 9.96. The molecule has 2 aromatic carbocycles. The van der Waals surface area contributed by atoms with E-state index in [0.717, 1.165) is 10.5 Å². The van der Waals surface area contributed by atoms with Gasteiger partial charge in [0.1, 0.15) is 5.84 Å². The highest BCUT2D eigenvalue weighted by molar-refractivity contribution is 7.98. The average Bonchev–Trinajstić information content (AvgIpc) is 2.72. The van der Waals surface area contributed by atoms with Crippen molar-refractivity contribution in [1.82, 2.24) is 0 Å². The van der Waals surface area contributed by atoms with Gasteiger partial charge >= 0.3 is 0 Å².